The maximum absolute atomic E-state index is 13.4. The molecule has 2 heterocycles. The summed E-state index contributed by atoms with van der Waals surface area (Å²) in [5, 5.41) is 0. The van der Waals surface area contributed by atoms with Crippen molar-refractivity contribution in [3.63, 3.8) is 0 Å². The van der Waals surface area contributed by atoms with Gasteiger partial charge in [0.05, 0.1) is 22.3 Å². The molecular weight excluding hydrogens is 386 g/mol. The topological polar surface area (TPSA) is 118 Å². The first-order valence-electron chi connectivity index (χ1n) is 9.52. The fourth-order valence-corrected chi connectivity index (χ4v) is 3.91. The number of imide groups is 4. The lowest BCUT2D eigenvalue weighted by Gasteiger charge is -2.28. The second kappa shape index (κ2) is 6.91. The molecule has 0 saturated heterocycles. The first-order chi connectivity index (χ1) is 14.2. The summed E-state index contributed by atoms with van der Waals surface area (Å²) in [6, 6.07) is 9.38. The summed E-state index contributed by atoms with van der Waals surface area (Å²) >= 11 is 0. The minimum absolute atomic E-state index is 0.0269. The van der Waals surface area contributed by atoms with Crippen molar-refractivity contribution in [1.82, 2.24) is 9.80 Å². The number of rotatable bonds is 4. The fraction of sp³-hybridized carbons (Fsp3) is 0.227. The van der Waals surface area contributed by atoms with Gasteiger partial charge in [-0.1, -0.05) is 32.0 Å². The SMILES string of the molecule is CC(C)C[C@@H](C(=O)N1C(=O)c2cccc(N)c2C1=O)N1C(=O)c2ccccc2C1=O. The van der Waals surface area contributed by atoms with Crippen LogP contribution in [0.25, 0.3) is 0 Å². The number of nitrogens with zero attached hydrogens (tertiary/aromatic N) is 2. The van der Waals surface area contributed by atoms with Crippen molar-refractivity contribution in [2.45, 2.75) is 26.3 Å². The zero-order valence-corrected chi connectivity index (χ0v) is 16.4. The minimum atomic E-state index is -1.29. The molecule has 2 N–H and O–H groups in total. The molecule has 0 aliphatic carbocycles. The first-order valence-corrected chi connectivity index (χ1v) is 9.52. The van der Waals surface area contributed by atoms with E-state index in [4.69, 9.17) is 5.73 Å². The number of benzene rings is 2. The number of carbonyl (C=O) groups is 5. The summed E-state index contributed by atoms with van der Waals surface area (Å²) in [6.45, 7) is 3.64. The average Bonchev–Trinajstić information content (AvgIpc) is 3.11. The molecule has 0 saturated carbocycles. The van der Waals surface area contributed by atoms with Crippen LogP contribution in [0.5, 0.6) is 0 Å². The second-order valence-corrected chi connectivity index (χ2v) is 7.72. The third-order valence-electron chi connectivity index (χ3n) is 5.28. The number of nitrogens with two attached hydrogens (primary N) is 1. The van der Waals surface area contributed by atoms with Gasteiger partial charge in [0.15, 0.2) is 0 Å². The van der Waals surface area contributed by atoms with E-state index in [2.05, 4.69) is 0 Å². The Morgan fingerprint density at radius 1 is 0.833 bits per heavy atom. The van der Waals surface area contributed by atoms with Gasteiger partial charge < -0.3 is 5.73 Å². The molecule has 2 aliphatic heterocycles. The van der Waals surface area contributed by atoms with Crippen LogP contribution in [0.3, 0.4) is 0 Å². The van der Waals surface area contributed by atoms with E-state index in [1.54, 1.807) is 12.1 Å². The minimum Gasteiger partial charge on any atom is -0.398 e. The monoisotopic (exact) mass is 405 g/mol. The van der Waals surface area contributed by atoms with Crippen molar-refractivity contribution in [2.24, 2.45) is 5.92 Å². The summed E-state index contributed by atoms with van der Waals surface area (Å²) in [7, 11) is 0. The Bertz CT molecular complexity index is 1100. The molecule has 2 aromatic rings. The van der Waals surface area contributed by atoms with E-state index < -0.39 is 35.6 Å². The molecule has 2 aromatic carbocycles. The third-order valence-corrected chi connectivity index (χ3v) is 5.28. The maximum Gasteiger partial charge on any atom is 0.270 e. The molecule has 8 nitrogen and oxygen atoms in total. The van der Waals surface area contributed by atoms with Crippen molar-refractivity contribution in [3.8, 4) is 0 Å². The van der Waals surface area contributed by atoms with Gasteiger partial charge in [0.1, 0.15) is 6.04 Å². The van der Waals surface area contributed by atoms with Crippen LogP contribution in [0.4, 0.5) is 5.69 Å². The molecule has 30 heavy (non-hydrogen) atoms. The summed E-state index contributed by atoms with van der Waals surface area (Å²) < 4.78 is 0. The van der Waals surface area contributed by atoms with E-state index in [1.165, 1.54) is 30.3 Å². The Hall–Kier alpha value is -3.81. The molecule has 4 rings (SSSR count). The highest BCUT2D eigenvalue weighted by Crippen LogP contribution is 2.32. The molecule has 0 radical (unpaired) electrons. The van der Waals surface area contributed by atoms with Gasteiger partial charge in [-0.3, -0.25) is 28.9 Å². The van der Waals surface area contributed by atoms with E-state index in [-0.39, 0.29) is 40.3 Å². The summed E-state index contributed by atoms with van der Waals surface area (Å²) in [5.41, 5.74) is 6.29. The molecular formula is C22H19N3O5. The molecule has 0 spiro atoms. The molecule has 0 bridgehead atoms. The van der Waals surface area contributed by atoms with E-state index in [1.807, 2.05) is 13.8 Å². The first kappa shape index (κ1) is 19.5. The normalized spacial score (nSPS) is 16.4. The van der Waals surface area contributed by atoms with Gasteiger partial charge in [0, 0.05) is 5.69 Å². The van der Waals surface area contributed by atoms with E-state index in [0.29, 0.717) is 4.90 Å². The third kappa shape index (κ3) is 2.72. The van der Waals surface area contributed by atoms with Gasteiger partial charge >= 0.3 is 0 Å². The van der Waals surface area contributed by atoms with Crippen LogP contribution in [-0.4, -0.2) is 45.4 Å². The van der Waals surface area contributed by atoms with E-state index in [9.17, 15) is 24.0 Å². The Labute approximate surface area is 172 Å². The molecule has 2 aliphatic rings. The van der Waals surface area contributed by atoms with Gasteiger partial charge in [-0.05, 0) is 36.6 Å². The number of nitrogen functional groups attached to an aromatic ring is 1. The van der Waals surface area contributed by atoms with Crippen LogP contribution in [0.15, 0.2) is 42.5 Å². The molecule has 8 heteroatoms. The molecule has 152 valence electrons. The standard InChI is InChI=1S/C22H19N3O5/c1-11(2)10-16(24-18(26)12-6-3-4-7-13(12)19(24)27)21(29)25-20(28)14-8-5-9-15(23)17(14)22(25)30/h3-9,11,16H,10,23H2,1-2H3/t16-/m0/s1. The fourth-order valence-electron chi connectivity index (χ4n) is 3.91. The maximum atomic E-state index is 13.4. The Morgan fingerprint density at radius 3 is 1.93 bits per heavy atom. The van der Waals surface area contributed by atoms with Gasteiger partial charge in [0.2, 0.25) is 0 Å². The van der Waals surface area contributed by atoms with Crippen LogP contribution in [-0.2, 0) is 4.79 Å². The summed E-state index contributed by atoms with van der Waals surface area (Å²) in [6.07, 6.45) is 0.104. The Balaban J connectivity index is 1.75. The van der Waals surface area contributed by atoms with Crippen molar-refractivity contribution in [1.29, 1.82) is 0 Å². The van der Waals surface area contributed by atoms with Gasteiger partial charge in [-0.15, -0.1) is 0 Å². The zero-order chi connectivity index (χ0) is 21.7. The molecule has 0 unspecified atom stereocenters. The number of fused-ring (bicyclic) bond motifs is 2. The molecule has 0 aromatic heterocycles. The number of amides is 5. The van der Waals surface area contributed by atoms with Crippen molar-refractivity contribution in [3.05, 3.63) is 64.7 Å². The number of hydrogen-bond acceptors (Lipinski definition) is 6. The molecule has 0 fully saturated rings. The van der Waals surface area contributed by atoms with E-state index >= 15 is 0 Å². The highest BCUT2D eigenvalue weighted by molar-refractivity contribution is 6.32. The van der Waals surface area contributed by atoms with E-state index in [0.717, 1.165) is 4.90 Å². The van der Waals surface area contributed by atoms with Crippen LogP contribution >= 0.6 is 0 Å². The Kier molecular flexibility index (Phi) is 4.49. The largest absolute Gasteiger partial charge is 0.398 e. The number of hydrogen-bond donors (Lipinski definition) is 1. The average molecular weight is 405 g/mol. The smallest absolute Gasteiger partial charge is 0.270 e. The predicted molar refractivity (Wildman–Crippen MR) is 107 cm³/mol. The van der Waals surface area contributed by atoms with Crippen molar-refractivity contribution in [2.75, 3.05) is 5.73 Å². The lowest BCUT2D eigenvalue weighted by molar-refractivity contribution is -0.131. The summed E-state index contributed by atoms with van der Waals surface area (Å²) in [5.74, 6) is -3.90. The summed E-state index contributed by atoms with van der Waals surface area (Å²) in [4.78, 5) is 66.3. The zero-order valence-electron chi connectivity index (χ0n) is 16.4. The highest BCUT2D eigenvalue weighted by atomic mass is 16.2. The van der Waals surface area contributed by atoms with Crippen LogP contribution in [0, 0.1) is 5.92 Å². The van der Waals surface area contributed by atoms with Crippen LogP contribution < -0.4 is 5.73 Å². The number of anilines is 1. The lowest BCUT2D eigenvalue weighted by Crippen LogP contribution is -2.53. The second-order valence-electron chi connectivity index (χ2n) is 7.72. The molecule has 5 amide bonds. The Morgan fingerprint density at radius 2 is 1.40 bits per heavy atom. The van der Waals surface area contributed by atoms with Crippen LogP contribution in [0.2, 0.25) is 0 Å². The predicted octanol–water partition coefficient (Wildman–Crippen LogP) is 2.10. The molecule has 1 atom stereocenters. The van der Waals surface area contributed by atoms with Gasteiger partial charge in [0.25, 0.3) is 29.5 Å². The van der Waals surface area contributed by atoms with Crippen molar-refractivity contribution >= 4 is 35.2 Å². The number of carbonyl (C=O) groups excluding carboxylic acids is 5. The van der Waals surface area contributed by atoms with Gasteiger partial charge in [-0.25, -0.2) is 4.90 Å². The highest BCUT2D eigenvalue weighted by Gasteiger charge is 2.49. The van der Waals surface area contributed by atoms with Crippen molar-refractivity contribution < 1.29 is 24.0 Å². The quantitative estimate of drug-likeness (QED) is 0.615. The van der Waals surface area contributed by atoms with Gasteiger partial charge in [-0.2, -0.15) is 0 Å². The van der Waals surface area contributed by atoms with Crippen LogP contribution in [0.1, 0.15) is 61.7 Å². The lowest BCUT2D eigenvalue weighted by atomic mass is 10.0.